The molecule has 204 valence electrons. The number of β-lactam (4-membered cyclic amide) rings is 1. The first kappa shape index (κ1) is 27.8. The molecule has 2 aliphatic rings. The van der Waals surface area contributed by atoms with E-state index in [9.17, 15) is 24.3 Å². The van der Waals surface area contributed by atoms with E-state index in [1.54, 1.807) is 7.05 Å². The highest BCUT2D eigenvalue weighted by molar-refractivity contribution is 8.01. The summed E-state index contributed by atoms with van der Waals surface area (Å²) in [5, 5.41) is 34.5. The number of rotatable bonds is 13. The van der Waals surface area contributed by atoms with E-state index in [0.29, 0.717) is 22.9 Å². The van der Waals surface area contributed by atoms with Gasteiger partial charge >= 0.3 is 5.97 Å². The molecule has 18 nitrogen and oxygen atoms in total. The number of amides is 3. The van der Waals surface area contributed by atoms with Gasteiger partial charge in [-0.25, -0.2) is 14.5 Å². The lowest BCUT2D eigenvalue weighted by atomic mass is 10.0. The van der Waals surface area contributed by atoms with Gasteiger partial charge in [0.05, 0.1) is 6.54 Å². The highest BCUT2D eigenvalue weighted by Gasteiger charge is 2.54. The Kier molecular flexibility index (Phi) is 8.96. The second-order valence-corrected chi connectivity index (χ2v) is 10.4. The first-order chi connectivity index (χ1) is 18.8. The predicted molar refractivity (Wildman–Crippen MR) is 138 cm³/mol. The Labute approximate surface area is 230 Å². The Morgan fingerprint density at radius 2 is 2.28 bits per heavy atom. The Morgan fingerprint density at radius 3 is 2.97 bits per heavy atom. The van der Waals surface area contributed by atoms with E-state index in [2.05, 4.69) is 46.3 Å². The molecule has 4 heterocycles. The topological polar surface area (TPSA) is 243 Å². The van der Waals surface area contributed by atoms with E-state index in [1.807, 2.05) is 0 Å². The maximum atomic E-state index is 13.1. The smallest absolute Gasteiger partial charge is 0.352 e. The van der Waals surface area contributed by atoms with Crippen molar-refractivity contribution in [2.45, 2.75) is 16.6 Å². The summed E-state index contributed by atoms with van der Waals surface area (Å²) >= 11 is 3.57. The summed E-state index contributed by atoms with van der Waals surface area (Å²) in [6.45, 7) is -0.173. The number of carbonyl (C=O) groups excluding carboxylic acids is 3. The van der Waals surface area contributed by atoms with Gasteiger partial charge in [-0.1, -0.05) is 22.0 Å². The highest BCUT2D eigenvalue weighted by Crippen LogP contribution is 2.41. The number of nitrogens with one attached hydrogen (secondary N) is 2. The molecule has 1 unspecified atom stereocenters. The first-order valence-electron chi connectivity index (χ1n) is 10.8. The van der Waals surface area contributed by atoms with Crippen molar-refractivity contribution in [3.8, 4) is 0 Å². The number of anilines is 1. The quantitative estimate of drug-likeness (QED) is 0.0314. The summed E-state index contributed by atoms with van der Waals surface area (Å²) in [5.74, 6) is -2.12. The molecule has 0 saturated carbocycles. The second kappa shape index (κ2) is 12.6. The van der Waals surface area contributed by atoms with Crippen LogP contribution >= 0.6 is 34.9 Å². The van der Waals surface area contributed by atoms with Crippen LogP contribution in [-0.2, 0) is 31.1 Å². The fourth-order valence-electron chi connectivity index (χ4n) is 3.44. The number of oxime groups is 1. The van der Waals surface area contributed by atoms with Crippen LogP contribution in [0.5, 0.6) is 0 Å². The van der Waals surface area contributed by atoms with Crippen molar-refractivity contribution in [2.75, 3.05) is 30.0 Å². The molecule has 2 aromatic rings. The van der Waals surface area contributed by atoms with Crippen LogP contribution in [0.25, 0.3) is 10.4 Å². The largest absolute Gasteiger partial charge is 0.477 e. The van der Waals surface area contributed by atoms with Crippen molar-refractivity contribution in [2.24, 2.45) is 17.3 Å². The number of carboxylic acid groups (broad SMARTS) is 1. The van der Waals surface area contributed by atoms with Gasteiger partial charge in [0.25, 0.3) is 11.8 Å². The molecule has 2 atom stereocenters. The number of fused-ring (bicyclic) bond motifs is 1. The lowest BCUT2D eigenvalue weighted by Crippen LogP contribution is -2.71. The van der Waals surface area contributed by atoms with Gasteiger partial charge in [0, 0.05) is 28.8 Å². The van der Waals surface area contributed by atoms with E-state index in [0.717, 1.165) is 16.2 Å². The van der Waals surface area contributed by atoms with E-state index < -0.39 is 29.2 Å². The molecule has 39 heavy (non-hydrogen) atoms. The van der Waals surface area contributed by atoms with Crippen molar-refractivity contribution < 1.29 is 29.1 Å². The maximum Gasteiger partial charge on any atom is 0.352 e. The Balaban J connectivity index is 1.49. The molecule has 0 bridgehead atoms. The van der Waals surface area contributed by atoms with Crippen LogP contribution in [0.4, 0.5) is 5.13 Å². The third-order valence-electron chi connectivity index (χ3n) is 5.14. The summed E-state index contributed by atoms with van der Waals surface area (Å²) in [4.78, 5) is 61.9. The zero-order valence-electron chi connectivity index (χ0n) is 19.8. The monoisotopic (exact) mass is 594 g/mol. The summed E-state index contributed by atoms with van der Waals surface area (Å²) in [6.07, 6.45) is 0.419. The van der Waals surface area contributed by atoms with Crippen LogP contribution in [0.2, 0.25) is 0 Å². The Morgan fingerprint density at radius 1 is 1.46 bits per heavy atom. The standard InChI is InChI=1S/C18H18N12O6S3/c1-29-18(24-27-28-29)39-5-8-4-37-15-11(14(33)30(15)12(8)16(34)35)23-13(32)10(25-36-3-2-21-26-19)9-6-38-17(22-9)20-7-31/h6-7,11,15H,2-5H2,1H3,(H,23,32)(H,34,35)(H,20,22,31)/t11?,15-/m0/s1. The predicted octanol–water partition coefficient (Wildman–Crippen LogP) is -0.203. The molecular formula is C18H18N12O6S3. The molecule has 3 amide bonds. The minimum absolute atomic E-state index is 0.0449. The van der Waals surface area contributed by atoms with Crippen LogP contribution < -0.4 is 10.6 Å². The van der Waals surface area contributed by atoms with Gasteiger partial charge < -0.3 is 20.6 Å². The van der Waals surface area contributed by atoms with Crippen molar-refractivity contribution >= 4 is 69.9 Å². The number of nitrogens with zero attached hydrogens (tertiary/aromatic N) is 10. The van der Waals surface area contributed by atoms with Crippen molar-refractivity contribution in [1.82, 2.24) is 35.4 Å². The highest BCUT2D eigenvalue weighted by atomic mass is 32.2. The number of azide groups is 1. The van der Waals surface area contributed by atoms with Crippen LogP contribution in [0.3, 0.4) is 0 Å². The second-order valence-electron chi connectivity index (χ2n) is 7.52. The molecule has 0 aliphatic carbocycles. The van der Waals surface area contributed by atoms with Crippen LogP contribution in [0.15, 0.2) is 32.1 Å². The van der Waals surface area contributed by atoms with Crippen molar-refractivity contribution in [3.05, 3.63) is 32.8 Å². The van der Waals surface area contributed by atoms with Gasteiger partial charge in [0.1, 0.15) is 29.4 Å². The van der Waals surface area contributed by atoms with Crippen LogP contribution in [-0.4, -0.2) is 101 Å². The number of carboxylic acids is 1. The number of aryl methyl sites for hydroxylation is 1. The first-order valence-corrected chi connectivity index (χ1v) is 13.7. The number of thiazole rings is 1. The minimum Gasteiger partial charge on any atom is -0.477 e. The molecule has 1 saturated heterocycles. The molecule has 0 spiro atoms. The fourth-order valence-corrected chi connectivity index (χ4v) is 6.43. The number of hydrogen-bond donors (Lipinski definition) is 3. The average Bonchev–Trinajstić information content (AvgIpc) is 3.56. The molecule has 0 aromatic carbocycles. The van der Waals surface area contributed by atoms with Crippen molar-refractivity contribution in [3.63, 3.8) is 0 Å². The maximum absolute atomic E-state index is 13.1. The van der Waals surface area contributed by atoms with E-state index in [-0.39, 0.29) is 41.1 Å². The average molecular weight is 595 g/mol. The normalized spacial score (nSPS) is 18.5. The van der Waals surface area contributed by atoms with Crippen LogP contribution in [0, 0.1) is 0 Å². The van der Waals surface area contributed by atoms with Crippen LogP contribution in [0.1, 0.15) is 5.69 Å². The SMILES string of the molecule is Cn1nnnc1SCC1=C(C(=O)O)N2C(=O)C(NC(=O)C(=NOCCN=[N+]=[N-])c3csc(NC=O)n3)[C@@H]2SC1. The zero-order valence-corrected chi connectivity index (χ0v) is 22.3. The lowest BCUT2D eigenvalue weighted by Gasteiger charge is -2.49. The summed E-state index contributed by atoms with van der Waals surface area (Å²) in [6, 6.07) is -1.03. The molecule has 4 rings (SSSR count). The van der Waals surface area contributed by atoms with Gasteiger partial charge in [-0.2, -0.15) is 0 Å². The molecule has 0 radical (unpaired) electrons. The van der Waals surface area contributed by atoms with Gasteiger partial charge in [0.2, 0.25) is 11.6 Å². The van der Waals surface area contributed by atoms with Gasteiger partial charge in [0.15, 0.2) is 10.8 Å². The molecule has 2 aliphatic heterocycles. The van der Waals surface area contributed by atoms with Gasteiger partial charge in [-0.05, 0) is 21.5 Å². The number of aromatic nitrogens is 5. The van der Waals surface area contributed by atoms with Gasteiger partial charge in [-0.15, -0.1) is 28.2 Å². The number of hydrogen-bond acceptors (Lipinski definition) is 14. The number of tetrazole rings is 1. The lowest BCUT2D eigenvalue weighted by molar-refractivity contribution is -0.150. The number of thioether (sulfide) groups is 2. The Bertz CT molecular complexity index is 1400. The minimum atomic E-state index is -1.27. The van der Waals surface area contributed by atoms with E-state index in [4.69, 9.17) is 10.4 Å². The summed E-state index contributed by atoms with van der Waals surface area (Å²) in [7, 11) is 1.65. The third-order valence-corrected chi connectivity index (χ3v) is 8.35. The summed E-state index contributed by atoms with van der Waals surface area (Å²) < 4.78 is 1.45. The fraction of sp³-hybridized carbons (Fsp3) is 0.389. The molecule has 21 heteroatoms. The van der Waals surface area contributed by atoms with Gasteiger partial charge in [-0.3, -0.25) is 19.3 Å². The number of aliphatic carboxylic acids is 1. The molecule has 2 aromatic heterocycles. The molecule has 1 fully saturated rings. The third kappa shape index (κ3) is 6.11. The van der Waals surface area contributed by atoms with E-state index in [1.165, 1.54) is 33.6 Å². The van der Waals surface area contributed by atoms with Crippen molar-refractivity contribution in [1.29, 1.82) is 0 Å². The Hall–Kier alpha value is -4.20. The summed E-state index contributed by atoms with van der Waals surface area (Å²) in [5.41, 5.74) is 8.52. The zero-order chi connectivity index (χ0) is 27.9. The number of carbonyl (C=O) groups is 4. The molecular weight excluding hydrogens is 576 g/mol. The molecule has 3 N–H and O–H groups in total. The van der Waals surface area contributed by atoms with E-state index >= 15 is 0 Å².